The van der Waals surface area contributed by atoms with Gasteiger partial charge in [-0.05, 0) is 24.6 Å². The van der Waals surface area contributed by atoms with Crippen LogP contribution in [0, 0.1) is 12.7 Å². The van der Waals surface area contributed by atoms with Gasteiger partial charge in [-0.15, -0.1) is 0 Å². The normalized spacial score (nSPS) is 17.2. The van der Waals surface area contributed by atoms with Gasteiger partial charge in [0.05, 0.1) is 13.2 Å². The first-order chi connectivity index (χ1) is 12.5. The zero-order valence-electron chi connectivity index (χ0n) is 14.7. The lowest BCUT2D eigenvalue weighted by atomic mass is 10.0. The van der Waals surface area contributed by atoms with E-state index in [0.717, 1.165) is 30.3 Å². The van der Waals surface area contributed by atoms with E-state index in [1.807, 2.05) is 31.2 Å². The molecule has 1 N–H and O–H groups in total. The fourth-order valence-corrected chi connectivity index (χ4v) is 4.18. The third-order valence-electron chi connectivity index (χ3n) is 4.54. The zero-order chi connectivity index (χ0) is 18.6. The molecule has 1 saturated heterocycles. The number of benzene rings is 2. The van der Waals surface area contributed by atoms with Crippen LogP contribution >= 0.6 is 0 Å². The van der Waals surface area contributed by atoms with Crippen molar-refractivity contribution in [3.05, 3.63) is 65.5 Å². The van der Waals surface area contributed by atoms with Crippen LogP contribution in [0.25, 0.3) is 0 Å². The number of rotatable bonds is 6. The van der Waals surface area contributed by atoms with Crippen LogP contribution in [0.3, 0.4) is 0 Å². The summed E-state index contributed by atoms with van der Waals surface area (Å²) in [6, 6.07) is 13.3. The van der Waals surface area contributed by atoms with Gasteiger partial charge in [0.15, 0.2) is 0 Å². The van der Waals surface area contributed by atoms with Crippen LogP contribution in [0.4, 0.5) is 4.39 Å². The highest BCUT2D eigenvalue weighted by atomic mass is 32.2. The lowest BCUT2D eigenvalue weighted by Gasteiger charge is -2.35. The Morgan fingerprint density at radius 2 is 1.77 bits per heavy atom. The van der Waals surface area contributed by atoms with E-state index in [4.69, 9.17) is 4.74 Å². The first-order valence-electron chi connectivity index (χ1n) is 8.60. The molecule has 1 aliphatic heterocycles. The van der Waals surface area contributed by atoms with Crippen molar-refractivity contribution in [1.29, 1.82) is 0 Å². The van der Waals surface area contributed by atoms with E-state index in [9.17, 15) is 12.8 Å². The van der Waals surface area contributed by atoms with Crippen molar-refractivity contribution < 1.29 is 17.5 Å². The maximum Gasteiger partial charge on any atom is 0.243 e. The van der Waals surface area contributed by atoms with Crippen molar-refractivity contribution in [2.24, 2.45) is 0 Å². The standard InChI is InChI=1S/C19H23FN2O3S/c1-15-6-8-16(9-7-15)18(22-10-12-25-13-11-22)14-21-26(23,24)19-5-3-2-4-17(19)20/h2-9,18,21H,10-14H2,1H3. The van der Waals surface area contributed by atoms with Crippen molar-refractivity contribution in [3.8, 4) is 0 Å². The van der Waals surface area contributed by atoms with Crippen LogP contribution in [-0.4, -0.2) is 46.2 Å². The van der Waals surface area contributed by atoms with Gasteiger partial charge in [0.2, 0.25) is 10.0 Å². The van der Waals surface area contributed by atoms with Crippen LogP contribution in [-0.2, 0) is 14.8 Å². The summed E-state index contributed by atoms with van der Waals surface area (Å²) in [6.45, 7) is 4.85. The van der Waals surface area contributed by atoms with Gasteiger partial charge in [0, 0.05) is 25.7 Å². The number of sulfonamides is 1. The van der Waals surface area contributed by atoms with E-state index in [2.05, 4.69) is 9.62 Å². The predicted molar refractivity (Wildman–Crippen MR) is 97.9 cm³/mol. The summed E-state index contributed by atoms with van der Waals surface area (Å²) in [5.41, 5.74) is 2.16. The minimum absolute atomic E-state index is 0.138. The lowest BCUT2D eigenvalue weighted by Crippen LogP contribution is -2.43. The average molecular weight is 378 g/mol. The largest absolute Gasteiger partial charge is 0.379 e. The summed E-state index contributed by atoms with van der Waals surface area (Å²) in [4.78, 5) is 1.86. The van der Waals surface area contributed by atoms with Gasteiger partial charge in [-0.2, -0.15) is 0 Å². The molecule has 0 spiro atoms. The number of halogens is 1. The fraction of sp³-hybridized carbons (Fsp3) is 0.368. The fourth-order valence-electron chi connectivity index (χ4n) is 3.06. The molecule has 1 fully saturated rings. The minimum Gasteiger partial charge on any atom is -0.379 e. The van der Waals surface area contributed by atoms with Crippen molar-refractivity contribution >= 4 is 10.0 Å². The maximum absolute atomic E-state index is 13.9. The minimum atomic E-state index is -3.92. The molecule has 1 heterocycles. The molecule has 2 aromatic carbocycles. The Morgan fingerprint density at radius 3 is 2.42 bits per heavy atom. The first kappa shape index (κ1) is 19.0. The molecule has 3 rings (SSSR count). The SMILES string of the molecule is Cc1ccc(C(CNS(=O)(=O)c2ccccc2F)N2CCOCC2)cc1. The van der Waals surface area contributed by atoms with Gasteiger partial charge in [0.1, 0.15) is 10.7 Å². The van der Waals surface area contributed by atoms with Crippen molar-refractivity contribution in [1.82, 2.24) is 9.62 Å². The van der Waals surface area contributed by atoms with Crippen LogP contribution in [0.5, 0.6) is 0 Å². The van der Waals surface area contributed by atoms with E-state index < -0.39 is 15.8 Å². The summed E-state index contributed by atoms with van der Waals surface area (Å²) in [7, 11) is -3.92. The van der Waals surface area contributed by atoms with Crippen molar-refractivity contribution in [3.63, 3.8) is 0 Å². The zero-order valence-corrected chi connectivity index (χ0v) is 15.5. The molecule has 0 amide bonds. The van der Waals surface area contributed by atoms with Crippen molar-refractivity contribution in [2.45, 2.75) is 17.9 Å². The molecule has 1 aliphatic rings. The Kier molecular flexibility index (Phi) is 6.03. The molecular formula is C19H23FN2O3S. The predicted octanol–water partition coefficient (Wildman–Crippen LogP) is 2.49. The summed E-state index contributed by atoms with van der Waals surface area (Å²) in [6.07, 6.45) is 0. The van der Waals surface area contributed by atoms with Gasteiger partial charge in [-0.1, -0.05) is 42.0 Å². The molecule has 0 bridgehead atoms. The van der Waals surface area contributed by atoms with Crippen LogP contribution < -0.4 is 4.72 Å². The second-order valence-electron chi connectivity index (χ2n) is 6.36. The second kappa shape index (κ2) is 8.26. The molecule has 5 nitrogen and oxygen atoms in total. The Morgan fingerprint density at radius 1 is 1.12 bits per heavy atom. The van der Waals surface area contributed by atoms with E-state index in [1.165, 1.54) is 18.2 Å². The molecule has 0 saturated carbocycles. The molecular weight excluding hydrogens is 355 g/mol. The number of hydrogen-bond acceptors (Lipinski definition) is 4. The molecule has 26 heavy (non-hydrogen) atoms. The Hall–Kier alpha value is -1.80. The van der Waals surface area contributed by atoms with Crippen LogP contribution in [0.15, 0.2) is 53.4 Å². The smallest absolute Gasteiger partial charge is 0.243 e. The third kappa shape index (κ3) is 4.48. The topological polar surface area (TPSA) is 58.6 Å². The average Bonchev–Trinajstić information content (AvgIpc) is 2.64. The summed E-state index contributed by atoms with van der Waals surface area (Å²) in [5, 5.41) is 0. The Bertz CT molecular complexity index is 834. The maximum atomic E-state index is 13.9. The first-order valence-corrected chi connectivity index (χ1v) is 10.1. The quantitative estimate of drug-likeness (QED) is 0.839. The molecule has 2 aromatic rings. The molecule has 0 radical (unpaired) electrons. The Balaban J connectivity index is 1.81. The molecule has 0 aromatic heterocycles. The highest BCUT2D eigenvalue weighted by Gasteiger charge is 2.26. The van der Waals surface area contributed by atoms with E-state index >= 15 is 0 Å². The highest BCUT2D eigenvalue weighted by molar-refractivity contribution is 7.89. The number of ether oxygens (including phenoxy) is 1. The number of aryl methyl sites for hydroxylation is 1. The van der Waals surface area contributed by atoms with Gasteiger partial charge in [-0.25, -0.2) is 17.5 Å². The van der Waals surface area contributed by atoms with Crippen LogP contribution in [0.1, 0.15) is 17.2 Å². The Labute approximate surface area is 153 Å². The molecule has 140 valence electrons. The summed E-state index contributed by atoms with van der Waals surface area (Å²) < 4.78 is 46.9. The van der Waals surface area contributed by atoms with E-state index in [1.54, 1.807) is 0 Å². The second-order valence-corrected chi connectivity index (χ2v) is 8.09. The molecule has 1 unspecified atom stereocenters. The summed E-state index contributed by atoms with van der Waals surface area (Å²) >= 11 is 0. The monoisotopic (exact) mass is 378 g/mol. The molecule has 0 aliphatic carbocycles. The molecule has 1 atom stereocenters. The van der Waals surface area contributed by atoms with Gasteiger partial charge >= 0.3 is 0 Å². The molecule has 7 heteroatoms. The van der Waals surface area contributed by atoms with Gasteiger partial charge < -0.3 is 4.74 Å². The van der Waals surface area contributed by atoms with Gasteiger partial charge in [-0.3, -0.25) is 4.90 Å². The number of nitrogens with one attached hydrogen (secondary N) is 1. The van der Waals surface area contributed by atoms with Gasteiger partial charge in [0.25, 0.3) is 0 Å². The van der Waals surface area contributed by atoms with Crippen LogP contribution in [0.2, 0.25) is 0 Å². The number of hydrogen-bond donors (Lipinski definition) is 1. The van der Waals surface area contributed by atoms with E-state index in [0.29, 0.717) is 13.2 Å². The summed E-state index contributed by atoms with van der Waals surface area (Å²) in [5.74, 6) is -0.752. The highest BCUT2D eigenvalue weighted by Crippen LogP contribution is 2.23. The number of morpholine rings is 1. The van der Waals surface area contributed by atoms with E-state index in [-0.39, 0.29) is 17.5 Å². The number of nitrogens with zero attached hydrogens (tertiary/aromatic N) is 1. The lowest BCUT2D eigenvalue weighted by molar-refractivity contribution is 0.0172. The third-order valence-corrected chi connectivity index (χ3v) is 6.00. The van der Waals surface area contributed by atoms with Crippen molar-refractivity contribution in [2.75, 3.05) is 32.8 Å².